The lowest BCUT2D eigenvalue weighted by molar-refractivity contribution is 0.481. The van der Waals surface area contributed by atoms with Crippen LogP contribution < -0.4 is 4.74 Å². The highest BCUT2D eigenvalue weighted by Gasteiger charge is 2.08. The van der Waals surface area contributed by atoms with Crippen LogP contribution in [-0.4, -0.2) is 0 Å². The summed E-state index contributed by atoms with van der Waals surface area (Å²) in [6.45, 7) is 1.95. The van der Waals surface area contributed by atoms with Gasteiger partial charge in [-0.25, -0.2) is 0 Å². The minimum Gasteiger partial charge on any atom is -0.454 e. The van der Waals surface area contributed by atoms with E-state index in [0.29, 0.717) is 28.0 Å². The Hall–Kier alpha value is -1.69. The predicted molar refractivity (Wildman–Crippen MR) is 77.0 cm³/mol. The molecule has 0 spiro atoms. The second-order valence-electron chi connectivity index (χ2n) is 4.11. The van der Waals surface area contributed by atoms with Crippen molar-refractivity contribution in [2.24, 2.45) is 0 Å². The Labute approximate surface area is 122 Å². The summed E-state index contributed by atoms with van der Waals surface area (Å²) in [6.07, 6.45) is 0. The predicted octanol–water partition coefficient (Wildman–Crippen LogP) is 5.05. The number of nitriles is 1. The van der Waals surface area contributed by atoms with Crippen molar-refractivity contribution in [2.45, 2.75) is 12.8 Å². The third-order valence-corrected chi connectivity index (χ3v) is 3.23. The van der Waals surface area contributed by atoms with Crippen molar-refractivity contribution in [3.63, 3.8) is 0 Å². The summed E-state index contributed by atoms with van der Waals surface area (Å²) in [5.74, 6) is 1.37. The van der Waals surface area contributed by atoms with E-state index in [9.17, 15) is 0 Å². The molecule has 0 atom stereocenters. The number of hydrogen-bond donors (Lipinski definition) is 0. The molecule has 2 aromatic rings. The van der Waals surface area contributed by atoms with Crippen molar-refractivity contribution < 1.29 is 4.74 Å². The molecule has 0 saturated carbocycles. The molecule has 0 fully saturated rings. The van der Waals surface area contributed by atoms with Crippen molar-refractivity contribution in [3.8, 4) is 17.6 Å². The molecule has 0 heterocycles. The standard InChI is InChI=1S/C15H11Cl2NO/c1-10-2-4-15(13(17)6-10)19-14-5-3-11(8-16)7-12(14)9-18/h2-7H,8H2,1H3. The molecule has 0 radical (unpaired) electrons. The van der Waals surface area contributed by atoms with Crippen LogP contribution in [0.4, 0.5) is 0 Å². The lowest BCUT2D eigenvalue weighted by atomic mass is 10.1. The summed E-state index contributed by atoms with van der Waals surface area (Å²) in [5, 5.41) is 9.64. The molecule has 96 valence electrons. The average Bonchev–Trinajstić information content (AvgIpc) is 2.42. The van der Waals surface area contributed by atoms with Gasteiger partial charge < -0.3 is 4.74 Å². The van der Waals surface area contributed by atoms with Gasteiger partial charge in [-0.1, -0.05) is 23.7 Å². The number of hydrogen-bond acceptors (Lipinski definition) is 2. The smallest absolute Gasteiger partial charge is 0.146 e. The van der Waals surface area contributed by atoms with E-state index in [4.69, 9.17) is 33.2 Å². The molecule has 0 aliphatic carbocycles. The Morgan fingerprint density at radius 1 is 1.16 bits per heavy atom. The maximum Gasteiger partial charge on any atom is 0.146 e. The molecule has 19 heavy (non-hydrogen) atoms. The zero-order chi connectivity index (χ0) is 13.8. The highest BCUT2D eigenvalue weighted by molar-refractivity contribution is 6.32. The van der Waals surface area contributed by atoms with Crippen LogP contribution in [0.15, 0.2) is 36.4 Å². The van der Waals surface area contributed by atoms with E-state index >= 15 is 0 Å². The fourth-order valence-electron chi connectivity index (χ4n) is 1.64. The summed E-state index contributed by atoms with van der Waals surface area (Å²) < 4.78 is 5.69. The van der Waals surface area contributed by atoms with Gasteiger partial charge in [0.25, 0.3) is 0 Å². The molecule has 0 saturated heterocycles. The second-order valence-corrected chi connectivity index (χ2v) is 4.79. The summed E-state index contributed by atoms with van der Waals surface area (Å²) in [7, 11) is 0. The molecular formula is C15H11Cl2NO. The van der Waals surface area contributed by atoms with E-state index in [-0.39, 0.29) is 0 Å². The van der Waals surface area contributed by atoms with E-state index in [2.05, 4.69) is 6.07 Å². The number of aryl methyl sites for hydroxylation is 1. The SMILES string of the molecule is Cc1ccc(Oc2ccc(CCl)cc2C#N)c(Cl)c1. The zero-order valence-electron chi connectivity index (χ0n) is 10.3. The first-order valence-electron chi connectivity index (χ1n) is 5.67. The van der Waals surface area contributed by atoms with Crippen LogP contribution >= 0.6 is 23.2 Å². The van der Waals surface area contributed by atoms with Crippen LogP contribution in [0, 0.1) is 18.3 Å². The molecule has 0 N–H and O–H groups in total. The number of halogens is 2. The van der Waals surface area contributed by atoms with Crippen LogP contribution in [-0.2, 0) is 5.88 Å². The van der Waals surface area contributed by atoms with Crippen LogP contribution in [0.1, 0.15) is 16.7 Å². The quantitative estimate of drug-likeness (QED) is 0.741. The van der Waals surface area contributed by atoms with Crippen molar-refractivity contribution in [3.05, 3.63) is 58.1 Å². The number of ether oxygens (including phenoxy) is 1. The molecule has 0 unspecified atom stereocenters. The average molecular weight is 292 g/mol. The highest BCUT2D eigenvalue weighted by Crippen LogP contribution is 2.32. The Morgan fingerprint density at radius 3 is 2.53 bits per heavy atom. The van der Waals surface area contributed by atoms with Gasteiger partial charge in [-0.05, 0) is 42.3 Å². The lowest BCUT2D eigenvalue weighted by Crippen LogP contribution is -1.91. The van der Waals surface area contributed by atoms with Gasteiger partial charge in [0.2, 0.25) is 0 Å². The van der Waals surface area contributed by atoms with Crippen LogP contribution in [0.2, 0.25) is 5.02 Å². The Morgan fingerprint density at radius 2 is 1.89 bits per heavy atom. The lowest BCUT2D eigenvalue weighted by Gasteiger charge is -2.10. The molecule has 0 bridgehead atoms. The molecule has 0 amide bonds. The molecule has 2 nitrogen and oxygen atoms in total. The van der Waals surface area contributed by atoms with Gasteiger partial charge in [-0.3, -0.25) is 0 Å². The fourth-order valence-corrected chi connectivity index (χ4v) is 2.08. The second kappa shape index (κ2) is 5.97. The molecule has 0 aromatic heterocycles. The minimum absolute atomic E-state index is 0.361. The maximum atomic E-state index is 9.12. The third kappa shape index (κ3) is 3.20. The van der Waals surface area contributed by atoms with Crippen molar-refractivity contribution in [1.29, 1.82) is 5.26 Å². The van der Waals surface area contributed by atoms with Gasteiger partial charge in [0.1, 0.15) is 17.6 Å². The summed E-state index contributed by atoms with van der Waals surface area (Å²) in [4.78, 5) is 0. The summed E-state index contributed by atoms with van der Waals surface area (Å²) >= 11 is 11.8. The summed E-state index contributed by atoms with van der Waals surface area (Å²) in [6, 6.07) is 12.9. The first-order valence-corrected chi connectivity index (χ1v) is 6.58. The maximum absolute atomic E-state index is 9.12. The van der Waals surface area contributed by atoms with E-state index in [1.54, 1.807) is 18.2 Å². The molecule has 0 aliphatic heterocycles. The third-order valence-electron chi connectivity index (χ3n) is 2.63. The normalized spacial score (nSPS) is 10.0. The Kier molecular flexibility index (Phi) is 4.31. The molecular weight excluding hydrogens is 281 g/mol. The Bertz CT molecular complexity index is 647. The van der Waals surface area contributed by atoms with E-state index in [1.165, 1.54) is 0 Å². The number of benzene rings is 2. The first kappa shape index (κ1) is 13.7. The largest absolute Gasteiger partial charge is 0.454 e. The van der Waals surface area contributed by atoms with Gasteiger partial charge in [0, 0.05) is 5.88 Å². The number of rotatable bonds is 3. The highest BCUT2D eigenvalue weighted by atomic mass is 35.5. The van der Waals surface area contributed by atoms with Crippen LogP contribution in [0.5, 0.6) is 11.5 Å². The molecule has 2 aromatic carbocycles. The van der Waals surface area contributed by atoms with Gasteiger partial charge >= 0.3 is 0 Å². The topological polar surface area (TPSA) is 33.0 Å². The van der Waals surface area contributed by atoms with E-state index in [1.807, 2.05) is 25.1 Å². The van der Waals surface area contributed by atoms with Gasteiger partial charge in [0.05, 0.1) is 10.6 Å². The monoisotopic (exact) mass is 291 g/mol. The van der Waals surface area contributed by atoms with Crippen LogP contribution in [0.3, 0.4) is 0 Å². The molecule has 2 rings (SSSR count). The first-order chi connectivity index (χ1) is 9.13. The van der Waals surface area contributed by atoms with Crippen molar-refractivity contribution >= 4 is 23.2 Å². The zero-order valence-corrected chi connectivity index (χ0v) is 11.8. The van der Waals surface area contributed by atoms with Gasteiger partial charge in [0.15, 0.2) is 0 Å². The van der Waals surface area contributed by atoms with Crippen LogP contribution in [0.25, 0.3) is 0 Å². The van der Waals surface area contributed by atoms with Gasteiger partial charge in [-0.2, -0.15) is 5.26 Å². The molecule has 0 aliphatic rings. The minimum atomic E-state index is 0.361. The van der Waals surface area contributed by atoms with Crippen molar-refractivity contribution in [2.75, 3.05) is 0 Å². The van der Waals surface area contributed by atoms with Crippen molar-refractivity contribution in [1.82, 2.24) is 0 Å². The Balaban J connectivity index is 2.35. The molecule has 4 heteroatoms. The van der Waals surface area contributed by atoms with Gasteiger partial charge in [-0.15, -0.1) is 11.6 Å². The van der Waals surface area contributed by atoms with E-state index in [0.717, 1.165) is 11.1 Å². The fraction of sp³-hybridized carbons (Fsp3) is 0.133. The number of nitrogens with zero attached hydrogens (tertiary/aromatic N) is 1. The number of alkyl halides is 1. The summed E-state index contributed by atoms with van der Waals surface area (Å²) in [5.41, 5.74) is 2.37. The van der Waals surface area contributed by atoms with E-state index < -0.39 is 0 Å².